The summed E-state index contributed by atoms with van der Waals surface area (Å²) >= 11 is 0. The summed E-state index contributed by atoms with van der Waals surface area (Å²) in [4.78, 5) is 11.3. The fourth-order valence-corrected chi connectivity index (χ4v) is 3.03. The molecule has 1 aromatic rings. The zero-order valence-corrected chi connectivity index (χ0v) is 14.4. The Morgan fingerprint density at radius 1 is 1.25 bits per heavy atom. The van der Waals surface area contributed by atoms with Gasteiger partial charge in [-0.25, -0.2) is 17.9 Å². The van der Waals surface area contributed by atoms with E-state index in [1.165, 1.54) is 12.1 Å². The molecule has 0 heterocycles. The van der Waals surface area contributed by atoms with E-state index in [2.05, 4.69) is 10.0 Å². The number of anilines is 1. The number of aliphatic hydroxyl groups is 1. The lowest BCUT2D eigenvalue weighted by Gasteiger charge is -2.12. The van der Waals surface area contributed by atoms with Gasteiger partial charge in [-0.2, -0.15) is 0 Å². The summed E-state index contributed by atoms with van der Waals surface area (Å²) in [6.45, 7) is 3.54. The molecule has 0 amide bonds. The number of rotatable bonds is 12. The molecule has 9 heteroatoms. The first-order valence-corrected chi connectivity index (χ1v) is 9.20. The van der Waals surface area contributed by atoms with Gasteiger partial charge >= 0.3 is 5.97 Å². The molecule has 1 rings (SSSR count). The monoisotopic (exact) mass is 360 g/mol. The average molecular weight is 360 g/mol. The minimum absolute atomic E-state index is 0.0820. The van der Waals surface area contributed by atoms with Gasteiger partial charge in [0.25, 0.3) is 0 Å². The Morgan fingerprint density at radius 3 is 2.62 bits per heavy atom. The Bertz CT molecular complexity index is 633. The summed E-state index contributed by atoms with van der Waals surface area (Å²) in [5, 5.41) is 21.0. The van der Waals surface area contributed by atoms with Gasteiger partial charge in [-0.05, 0) is 38.0 Å². The molecule has 0 unspecified atom stereocenters. The average Bonchev–Trinajstić information content (AvgIpc) is 2.54. The summed E-state index contributed by atoms with van der Waals surface area (Å²) in [7, 11) is -3.81. The van der Waals surface area contributed by atoms with E-state index in [0.29, 0.717) is 31.9 Å². The molecule has 0 aliphatic carbocycles. The molecule has 0 aromatic heterocycles. The molecule has 24 heavy (non-hydrogen) atoms. The topological polar surface area (TPSA) is 125 Å². The van der Waals surface area contributed by atoms with Gasteiger partial charge in [0.1, 0.15) is 0 Å². The highest BCUT2D eigenvalue weighted by molar-refractivity contribution is 7.89. The number of carboxylic acids is 1. The van der Waals surface area contributed by atoms with Crippen molar-refractivity contribution in [1.82, 2.24) is 4.72 Å². The van der Waals surface area contributed by atoms with Crippen molar-refractivity contribution in [3.8, 4) is 0 Å². The van der Waals surface area contributed by atoms with E-state index in [0.717, 1.165) is 6.07 Å². The van der Waals surface area contributed by atoms with Crippen molar-refractivity contribution >= 4 is 21.7 Å². The molecule has 0 bridgehead atoms. The standard InChI is InChI=1S/C15H24N2O6S/c1-2-23-10-4-7-16-14-6-5-12(11-13(14)15(19)20)24(21,22)17-8-3-9-18/h5-6,11,16-18H,2-4,7-10H2,1H3,(H,19,20). The summed E-state index contributed by atoms with van der Waals surface area (Å²) in [6, 6.07) is 3.90. The number of carboxylic acid groups (broad SMARTS) is 1. The predicted molar refractivity (Wildman–Crippen MR) is 89.9 cm³/mol. The second-order valence-electron chi connectivity index (χ2n) is 4.96. The number of hydrogen-bond acceptors (Lipinski definition) is 6. The molecule has 0 aliphatic rings. The van der Waals surface area contributed by atoms with E-state index < -0.39 is 16.0 Å². The van der Waals surface area contributed by atoms with Crippen molar-refractivity contribution in [2.24, 2.45) is 0 Å². The van der Waals surface area contributed by atoms with Crippen molar-refractivity contribution in [3.05, 3.63) is 23.8 Å². The van der Waals surface area contributed by atoms with E-state index in [9.17, 15) is 18.3 Å². The second kappa shape index (κ2) is 10.2. The molecule has 0 fully saturated rings. The molecule has 4 N–H and O–H groups in total. The van der Waals surface area contributed by atoms with Crippen LogP contribution in [0.3, 0.4) is 0 Å². The van der Waals surface area contributed by atoms with E-state index in [1.807, 2.05) is 6.92 Å². The number of hydrogen-bond donors (Lipinski definition) is 4. The Kier molecular flexibility index (Phi) is 8.69. The first-order chi connectivity index (χ1) is 11.4. The highest BCUT2D eigenvalue weighted by Gasteiger charge is 2.18. The van der Waals surface area contributed by atoms with Crippen LogP contribution < -0.4 is 10.0 Å². The van der Waals surface area contributed by atoms with Crippen molar-refractivity contribution in [2.45, 2.75) is 24.7 Å². The third kappa shape index (κ3) is 6.44. The van der Waals surface area contributed by atoms with Gasteiger partial charge < -0.3 is 20.3 Å². The van der Waals surface area contributed by atoms with E-state index >= 15 is 0 Å². The smallest absolute Gasteiger partial charge is 0.337 e. The largest absolute Gasteiger partial charge is 0.478 e. The lowest BCUT2D eigenvalue weighted by Crippen LogP contribution is -2.25. The minimum atomic E-state index is -3.81. The van der Waals surface area contributed by atoms with Crippen LogP contribution in [0.4, 0.5) is 5.69 Å². The molecule has 0 saturated carbocycles. The van der Waals surface area contributed by atoms with Crippen LogP contribution in [0, 0.1) is 0 Å². The van der Waals surface area contributed by atoms with Gasteiger partial charge in [-0.1, -0.05) is 0 Å². The molecule has 1 aromatic carbocycles. The lowest BCUT2D eigenvalue weighted by atomic mass is 10.2. The normalized spacial score (nSPS) is 11.4. The highest BCUT2D eigenvalue weighted by atomic mass is 32.2. The second-order valence-corrected chi connectivity index (χ2v) is 6.73. The summed E-state index contributed by atoms with van der Waals surface area (Å²) in [5.74, 6) is -1.21. The van der Waals surface area contributed by atoms with Gasteiger partial charge in [-0.15, -0.1) is 0 Å². The molecule has 0 radical (unpaired) electrons. The van der Waals surface area contributed by atoms with Crippen molar-refractivity contribution in [3.63, 3.8) is 0 Å². The fourth-order valence-electron chi connectivity index (χ4n) is 1.93. The molecule has 8 nitrogen and oxygen atoms in total. The number of aromatic carboxylic acids is 1. The fraction of sp³-hybridized carbons (Fsp3) is 0.533. The predicted octanol–water partition coefficient (Wildman–Crippen LogP) is 0.884. The number of benzene rings is 1. The first-order valence-electron chi connectivity index (χ1n) is 7.72. The van der Waals surface area contributed by atoms with Gasteiger partial charge in [0, 0.05) is 38.6 Å². The van der Waals surface area contributed by atoms with Crippen molar-refractivity contribution < 1.29 is 28.2 Å². The molecule has 0 spiro atoms. The third-order valence-electron chi connectivity index (χ3n) is 3.14. The molecular weight excluding hydrogens is 336 g/mol. The third-order valence-corrected chi connectivity index (χ3v) is 4.60. The molecule has 136 valence electrons. The van der Waals surface area contributed by atoms with Crippen LogP contribution in [0.15, 0.2) is 23.1 Å². The number of nitrogens with one attached hydrogen (secondary N) is 2. The zero-order chi connectivity index (χ0) is 18.0. The maximum absolute atomic E-state index is 12.1. The van der Waals surface area contributed by atoms with Gasteiger partial charge in [0.05, 0.1) is 10.5 Å². The number of carbonyl (C=O) groups is 1. The molecule has 0 saturated heterocycles. The SMILES string of the molecule is CCOCCCNc1ccc(S(=O)(=O)NCCCO)cc1C(=O)O. The summed E-state index contributed by atoms with van der Waals surface area (Å²) in [6.07, 6.45) is 0.986. The zero-order valence-electron chi connectivity index (χ0n) is 13.6. The van der Waals surface area contributed by atoms with Crippen molar-refractivity contribution in [1.29, 1.82) is 0 Å². The highest BCUT2D eigenvalue weighted by Crippen LogP contribution is 2.20. The maximum Gasteiger partial charge on any atom is 0.337 e. The van der Waals surface area contributed by atoms with Gasteiger partial charge in [-0.3, -0.25) is 0 Å². The van der Waals surface area contributed by atoms with Crippen LogP contribution in [0.2, 0.25) is 0 Å². The van der Waals surface area contributed by atoms with Gasteiger partial charge in [0.15, 0.2) is 0 Å². The molecular formula is C15H24N2O6S. The number of ether oxygens (including phenoxy) is 1. The number of sulfonamides is 1. The Balaban J connectivity index is 2.84. The Hall–Kier alpha value is -1.68. The van der Waals surface area contributed by atoms with Crippen LogP contribution >= 0.6 is 0 Å². The van der Waals surface area contributed by atoms with Crippen LogP contribution in [0.5, 0.6) is 0 Å². The minimum Gasteiger partial charge on any atom is -0.478 e. The summed E-state index contributed by atoms with van der Waals surface area (Å²) in [5.41, 5.74) is 0.241. The quantitative estimate of drug-likeness (QED) is 0.408. The number of aliphatic hydroxyl groups excluding tert-OH is 1. The van der Waals surface area contributed by atoms with Crippen molar-refractivity contribution in [2.75, 3.05) is 38.2 Å². The Morgan fingerprint density at radius 2 is 2.00 bits per heavy atom. The Labute approximate surface area is 141 Å². The van der Waals surface area contributed by atoms with Crippen LogP contribution in [-0.2, 0) is 14.8 Å². The molecule has 0 aliphatic heterocycles. The van der Waals surface area contributed by atoms with Crippen LogP contribution in [0.25, 0.3) is 0 Å². The lowest BCUT2D eigenvalue weighted by molar-refractivity contribution is 0.0697. The van der Waals surface area contributed by atoms with E-state index in [1.54, 1.807) is 0 Å². The van der Waals surface area contributed by atoms with E-state index in [-0.39, 0.29) is 30.0 Å². The maximum atomic E-state index is 12.1. The molecule has 0 atom stereocenters. The van der Waals surface area contributed by atoms with Crippen LogP contribution in [-0.4, -0.2) is 57.5 Å². The first kappa shape index (κ1) is 20.4. The summed E-state index contributed by atoms with van der Waals surface area (Å²) < 4.78 is 31.7. The van der Waals surface area contributed by atoms with Gasteiger partial charge in [0.2, 0.25) is 10.0 Å². The van der Waals surface area contributed by atoms with Crippen LogP contribution in [0.1, 0.15) is 30.1 Å². The van der Waals surface area contributed by atoms with E-state index in [4.69, 9.17) is 9.84 Å².